The van der Waals surface area contributed by atoms with Gasteiger partial charge >= 0.3 is 5.97 Å². The van der Waals surface area contributed by atoms with Crippen LogP contribution in [0.5, 0.6) is 5.75 Å². The zero-order valence-corrected chi connectivity index (χ0v) is 12.7. The molecule has 23 heavy (non-hydrogen) atoms. The molecule has 1 aromatic heterocycles. The van der Waals surface area contributed by atoms with E-state index in [0.29, 0.717) is 11.4 Å². The maximum absolute atomic E-state index is 11.6. The number of fused-ring (bicyclic) bond motifs is 1. The normalized spacial score (nSPS) is 10.3. The Morgan fingerprint density at radius 2 is 1.96 bits per heavy atom. The summed E-state index contributed by atoms with van der Waals surface area (Å²) in [6, 6.07) is 12.6. The number of carbonyl (C=O) groups is 1. The molecule has 0 radical (unpaired) electrons. The van der Waals surface area contributed by atoms with Gasteiger partial charge in [-0.3, -0.25) is 0 Å². The summed E-state index contributed by atoms with van der Waals surface area (Å²) in [5.74, 6) is 1.00. The van der Waals surface area contributed by atoms with Gasteiger partial charge in [-0.05, 0) is 30.3 Å². The van der Waals surface area contributed by atoms with Crippen molar-refractivity contribution >= 4 is 28.4 Å². The predicted molar refractivity (Wildman–Crippen MR) is 87.2 cm³/mol. The molecule has 2 aromatic carbocycles. The van der Waals surface area contributed by atoms with E-state index in [4.69, 9.17) is 9.47 Å². The Bertz CT molecular complexity index is 865. The lowest BCUT2D eigenvalue weighted by molar-refractivity contribution is 0.0601. The Labute approximate surface area is 133 Å². The van der Waals surface area contributed by atoms with Gasteiger partial charge in [0.25, 0.3) is 0 Å². The van der Waals surface area contributed by atoms with Gasteiger partial charge < -0.3 is 14.8 Å². The number of carbonyl (C=O) groups excluding carboxylic acids is 1. The van der Waals surface area contributed by atoms with Gasteiger partial charge in [-0.25, -0.2) is 14.8 Å². The molecule has 0 aliphatic rings. The minimum Gasteiger partial charge on any atom is -0.497 e. The fourth-order valence-electron chi connectivity index (χ4n) is 2.24. The summed E-state index contributed by atoms with van der Waals surface area (Å²) in [7, 11) is 2.97. The molecule has 6 heteroatoms. The van der Waals surface area contributed by atoms with Gasteiger partial charge in [0.05, 0.1) is 25.3 Å². The Balaban J connectivity index is 1.97. The van der Waals surface area contributed by atoms with Crippen molar-refractivity contribution in [3.05, 3.63) is 54.4 Å². The maximum Gasteiger partial charge on any atom is 0.337 e. The highest BCUT2D eigenvalue weighted by molar-refractivity contribution is 5.93. The molecule has 0 saturated carbocycles. The van der Waals surface area contributed by atoms with Crippen LogP contribution in [0.1, 0.15) is 10.4 Å². The molecule has 0 amide bonds. The third-order valence-electron chi connectivity index (χ3n) is 3.39. The van der Waals surface area contributed by atoms with Gasteiger partial charge in [0.1, 0.15) is 17.9 Å². The highest BCUT2D eigenvalue weighted by Gasteiger charge is 2.08. The van der Waals surface area contributed by atoms with E-state index >= 15 is 0 Å². The fourth-order valence-corrected chi connectivity index (χ4v) is 2.24. The number of rotatable bonds is 4. The first-order valence-electron chi connectivity index (χ1n) is 6.95. The quantitative estimate of drug-likeness (QED) is 0.746. The summed E-state index contributed by atoms with van der Waals surface area (Å²) in [6.07, 6.45) is 1.48. The summed E-state index contributed by atoms with van der Waals surface area (Å²) >= 11 is 0. The predicted octanol–water partition coefficient (Wildman–Crippen LogP) is 3.17. The monoisotopic (exact) mass is 309 g/mol. The number of esters is 1. The van der Waals surface area contributed by atoms with Crippen LogP contribution in [-0.4, -0.2) is 30.2 Å². The minimum absolute atomic E-state index is 0.383. The molecule has 6 nitrogen and oxygen atoms in total. The van der Waals surface area contributed by atoms with Gasteiger partial charge in [0, 0.05) is 17.1 Å². The molecular formula is C17H15N3O3. The Kier molecular flexibility index (Phi) is 4.05. The smallest absolute Gasteiger partial charge is 0.337 e. The van der Waals surface area contributed by atoms with Gasteiger partial charge in [-0.2, -0.15) is 0 Å². The van der Waals surface area contributed by atoms with Crippen LogP contribution in [-0.2, 0) is 4.74 Å². The van der Waals surface area contributed by atoms with Crippen LogP contribution in [0.3, 0.4) is 0 Å². The molecule has 0 aliphatic heterocycles. The summed E-state index contributed by atoms with van der Waals surface area (Å²) in [5.41, 5.74) is 1.98. The number of nitrogens with one attached hydrogen (secondary N) is 1. The highest BCUT2D eigenvalue weighted by atomic mass is 16.5. The van der Waals surface area contributed by atoms with Gasteiger partial charge in [-0.15, -0.1) is 0 Å². The minimum atomic E-state index is -0.383. The molecule has 3 rings (SSSR count). The van der Waals surface area contributed by atoms with Gasteiger partial charge in [0.15, 0.2) is 0 Å². The van der Waals surface area contributed by atoms with E-state index in [0.717, 1.165) is 22.3 Å². The molecule has 0 aliphatic carbocycles. The largest absolute Gasteiger partial charge is 0.497 e. The second-order valence-corrected chi connectivity index (χ2v) is 4.80. The number of aromatic nitrogens is 2. The van der Waals surface area contributed by atoms with Crippen molar-refractivity contribution in [3.63, 3.8) is 0 Å². The van der Waals surface area contributed by atoms with Crippen molar-refractivity contribution in [1.82, 2.24) is 9.97 Å². The first-order chi connectivity index (χ1) is 11.2. The van der Waals surface area contributed by atoms with E-state index in [1.165, 1.54) is 13.4 Å². The topological polar surface area (TPSA) is 73.3 Å². The van der Waals surface area contributed by atoms with Crippen LogP contribution in [0.4, 0.5) is 11.5 Å². The van der Waals surface area contributed by atoms with Crippen molar-refractivity contribution in [2.45, 2.75) is 0 Å². The number of hydrogen-bond acceptors (Lipinski definition) is 6. The number of benzene rings is 2. The summed E-state index contributed by atoms with van der Waals surface area (Å²) in [6.45, 7) is 0. The van der Waals surface area contributed by atoms with E-state index in [2.05, 4.69) is 15.3 Å². The molecular weight excluding hydrogens is 294 g/mol. The third-order valence-corrected chi connectivity index (χ3v) is 3.39. The first-order valence-corrected chi connectivity index (χ1v) is 6.95. The average molecular weight is 309 g/mol. The Morgan fingerprint density at radius 1 is 1.09 bits per heavy atom. The van der Waals surface area contributed by atoms with E-state index in [1.54, 1.807) is 25.3 Å². The summed E-state index contributed by atoms with van der Waals surface area (Å²) < 4.78 is 9.93. The van der Waals surface area contributed by atoms with Crippen molar-refractivity contribution < 1.29 is 14.3 Å². The van der Waals surface area contributed by atoms with E-state index < -0.39 is 0 Å². The van der Waals surface area contributed by atoms with E-state index in [1.807, 2.05) is 24.3 Å². The highest BCUT2D eigenvalue weighted by Crippen LogP contribution is 2.26. The molecule has 3 aromatic rings. The Morgan fingerprint density at radius 3 is 2.74 bits per heavy atom. The van der Waals surface area contributed by atoms with Crippen molar-refractivity contribution in [3.8, 4) is 5.75 Å². The number of ether oxygens (including phenoxy) is 2. The second kappa shape index (κ2) is 6.31. The van der Waals surface area contributed by atoms with Crippen molar-refractivity contribution in [1.29, 1.82) is 0 Å². The fraction of sp³-hybridized carbons (Fsp3) is 0.118. The first kappa shape index (κ1) is 14.8. The number of methoxy groups -OCH3 is 2. The molecule has 0 spiro atoms. The number of nitrogens with zero attached hydrogens (tertiary/aromatic N) is 2. The van der Waals surface area contributed by atoms with E-state index in [9.17, 15) is 4.79 Å². The molecule has 0 atom stereocenters. The lowest BCUT2D eigenvalue weighted by Crippen LogP contribution is -2.02. The van der Waals surface area contributed by atoms with Gasteiger partial charge in [0.2, 0.25) is 0 Å². The molecule has 0 unspecified atom stereocenters. The van der Waals surface area contributed by atoms with Crippen LogP contribution in [0.15, 0.2) is 48.8 Å². The zero-order chi connectivity index (χ0) is 16.2. The molecule has 0 bridgehead atoms. The molecule has 116 valence electrons. The summed E-state index contributed by atoms with van der Waals surface area (Å²) in [5, 5.41) is 4.06. The zero-order valence-electron chi connectivity index (χ0n) is 12.7. The van der Waals surface area contributed by atoms with Gasteiger partial charge in [-0.1, -0.05) is 6.07 Å². The third kappa shape index (κ3) is 3.06. The lowest BCUT2D eigenvalue weighted by atomic mass is 10.2. The second-order valence-electron chi connectivity index (χ2n) is 4.80. The standard InChI is InChI=1S/C17H15N3O3/c1-22-13-6-7-14-15(9-13)18-10-19-16(14)20-12-5-3-4-11(8-12)17(21)23-2/h3-10H,1-2H3,(H,18,19,20). The Hall–Kier alpha value is -3.15. The number of anilines is 2. The molecule has 1 heterocycles. The summed E-state index contributed by atoms with van der Waals surface area (Å²) in [4.78, 5) is 20.1. The SMILES string of the molecule is COC(=O)c1cccc(Nc2ncnc3cc(OC)ccc23)c1. The van der Waals surface area contributed by atoms with E-state index in [-0.39, 0.29) is 5.97 Å². The molecule has 1 N–H and O–H groups in total. The molecule has 0 saturated heterocycles. The number of hydrogen-bond donors (Lipinski definition) is 1. The van der Waals surface area contributed by atoms with Crippen LogP contribution in [0.25, 0.3) is 10.9 Å². The van der Waals surface area contributed by atoms with Crippen LogP contribution in [0, 0.1) is 0 Å². The van der Waals surface area contributed by atoms with Crippen molar-refractivity contribution in [2.24, 2.45) is 0 Å². The van der Waals surface area contributed by atoms with Crippen molar-refractivity contribution in [2.75, 3.05) is 19.5 Å². The average Bonchev–Trinajstić information content (AvgIpc) is 2.61. The van der Waals surface area contributed by atoms with Crippen LogP contribution in [0.2, 0.25) is 0 Å². The lowest BCUT2D eigenvalue weighted by Gasteiger charge is -2.10. The molecule has 0 fully saturated rings. The van der Waals surface area contributed by atoms with Crippen LogP contribution < -0.4 is 10.1 Å². The van der Waals surface area contributed by atoms with Crippen LogP contribution >= 0.6 is 0 Å². The maximum atomic E-state index is 11.6.